The largest absolute Gasteiger partial charge is 0.382 e. The van der Waals surface area contributed by atoms with E-state index in [4.69, 9.17) is 0 Å². The molecule has 0 unspecified atom stereocenters. The molecule has 1 nitrogen and oxygen atoms in total. The Morgan fingerprint density at radius 1 is 0.944 bits per heavy atom. The van der Waals surface area contributed by atoms with Crippen LogP contribution in [-0.2, 0) is 0 Å². The van der Waals surface area contributed by atoms with Gasteiger partial charge in [-0.2, -0.15) is 0 Å². The number of nitrogens with one attached hydrogen (secondary N) is 1. The van der Waals surface area contributed by atoms with Crippen LogP contribution in [0.4, 0.5) is 14.5 Å². The van der Waals surface area contributed by atoms with E-state index in [0.29, 0.717) is 6.54 Å². The van der Waals surface area contributed by atoms with Gasteiger partial charge in [-0.1, -0.05) is 24.3 Å². The summed E-state index contributed by atoms with van der Waals surface area (Å²) in [5, 5.41) is 2.89. The topological polar surface area (TPSA) is 12.0 Å². The second-order valence-electron chi connectivity index (χ2n) is 3.69. The fourth-order valence-electron chi connectivity index (χ4n) is 1.51. The highest BCUT2D eigenvalue weighted by molar-refractivity contribution is 7.99. The second-order valence-corrected chi connectivity index (χ2v) is 4.86. The first kappa shape index (κ1) is 12.9. The number of rotatable bonds is 5. The fraction of sp³-hybridized carbons (Fsp3) is 0.143. The van der Waals surface area contributed by atoms with Crippen molar-refractivity contribution in [2.75, 3.05) is 17.6 Å². The zero-order valence-electron chi connectivity index (χ0n) is 9.70. The normalized spacial score (nSPS) is 10.3. The van der Waals surface area contributed by atoms with E-state index in [1.54, 1.807) is 11.8 Å². The molecule has 2 aromatic carbocycles. The minimum atomic E-state index is -0.823. The highest BCUT2D eigenvalue weighted by Crippen LogP contribution is 2.19. The molecule has 0 amide bonds. The van der Waals surface area contributed by atoms with Crippen LogP contribution >= 0.6 is 11.8 Å². The van der Waals surface area contributed by atoms with Crippen molar-refractivity contribution >= 4 is 17.4 Å². The van der Waals surface area contributed by atoms with Crippen LogP contribution in [0.5, 0.6) is 0 Å². The van der Waals surface area contributed by atoms with E-state index in [1.165, 1.54) is 17.0 Å². The third-order valence-corrected chi connectivity index (χ3v) is 3.39. The van der Waals surface area contributed by atoms with Gasteiger partial charge in [0.05, 0.1) is 5.69 Å². The van der Waals surface area contributed by atoms with E-state index in [2.05, 4.69) is 5.32 Å². The predicted molar refractivity (Wildman–Crippen MR) is 72.0 cm³/mol. The van der Waals surface area contributed by atoms with Gasteiger partial charge < -0.3 is 5.32 Å². The number of hydrogen-bond acceptors (Lipinski definition) is 2. The number of hydrogen-bond donors (Lipinski definition) is 1. The number of halogens is 2. The molecule has 1 N–H and O–H groups in total. The molecule has 0 fully saturated rings. The first-order valence-electron chi connectivity index (χ1n) is 5.63. The summed E-state index contributed by atoms with van der Waals surface area (Å²) in [5.74, 6) is -0.849. The maximum Gasteiger partial charge on any atom is 0.181 e. The predicted octanol–water partition coefficient (Wildman–Crippen LogP) is 4.17. The summed E-state index contributed by atoms with van der Waals surface area (Å²) in [4.78, 5) is 1.17. The van der Waals surface area contributed by atoms with Crippen molar-refractivity contribution in [3.63, 3.8) is 0 Å². The van der Waals surface area contributed by atoms with Crippen molar-refractivity contribution in [1.82, 2.24) is 0 Å². The highest BCUT2D eigenvalue weighted by atomic mass is 32.2. The number of benzene rings is 2. The molecule has 4 heteroatoms. The Morgan fingerprint density at radius 3 is 2.50 bits per heavy atom. The Hall–Kier alpha value is -1.55. The van der Waals surface area contributed by atoms with Crippen LogP contribution in [0.2, 0.25) is 0 Å². The van der Waals surface area contributed by atoms with Gasteiger partial charge in [-0.25, -0.2) is 8.78 Å². The summed E-state index contributed by atoms with van der Waals surface area (Å²) in [7, 11) is 0. The smallest absolute Gasteiger partial charge is 0.181 e. The Kier molecular flexibility index (Phi) is 4.59. The van der Waals surface area contributed by atoms with Gasteiger partial charge in [-0.3, -0.25) is 0 Å². The summed E-state index contributed by atoms with van der Waals surface area (Å²) < 4.78 is 26.2. The lowest BCUT2D eigenvalue weighted by molar-refractivity contribution is 0.511. The molecule has 0 bridgehead atoms. The van der Waals surface area contributed by atoms with Crippen LogP contribution in [0, 0.1) is 11.6 Å². The molecular formula is C14H13F2NS. The first-order chi connectivity index (χ1) is 8.77. The molecule has 0 radical (unpaired) electrons. The van der Waals surface area contributed by atoms with Crippen LogP contribution in [0.15, 0.2) is 53.4 Å². The van der Waals surface area contributed by atoms with E-state index >= 15 is 0 Å². The Bertz CT molecular complexity index is 502. The number of anilines is 1. The molecule has 2 rings (SSSR count). The Morgan fingerprint density at radius 2 is 1.72 bits per heavy atom. The van der Waals surface area contributed by atoms with Crippen molar-refractivity contribution in [2.45, 2.75) is 4.90 Å². The van der Waals surface area contributed by atoms with E-state index in [0.717, 1.165) is 11.8 Å². The van der Waals surface area contributed by atoms with Gasteiger partial charge in [-0.05, 0) is 24.3 Å². The van der Waals surface area contributed by atoms with Gasteiger partial charge in [0.25, 0.3) is 0 Å². The van der Waals surface area contributed by atoms with Gasteiger partial charge in [0.2, 0.25) is 0 Å². The van der Waals surface area contributed by atoms with E-state index in [9.17, 15) is 8.78 Å². The minimum Gasteiger partial charge on any atom is -0.382 e. The first-order valence-corrected chi connectivity index (χ1v) is 6.61. The van der Waals surface area contributed by atoms with Crippen molar-refractivity contribution < 1.29 is 8.78 Å². The minimum absolute atomic E-state index is 0.212. The number of thioether (sulfide) groups is 1. The third-order valence-electron chi connectivity index (χ3n) is 2.38. The molecular weight excluding hydrogens is 252 g/mol. The van der Waals surface area contributed by atoms with Crippen molar-refractivity contribution in [3.05, 3.63) is 60.2 Å². The molecule has 0 aromatic heterocycles. The molecule has 0 aliphatic heterocycles. The van der Waals surface area contributed by atoms with Crippen molar-refractivity contribution in [1.29, 1.82) is 0 Å². The molecule has 0 saturated heterocycles. The molecule has 0 aliphatic carbocycles. The summed E-state index contributed by atoms with van der Waals surface area (Å²) >= 11 is 1.67. The molecule has 0 aliphatic rings. The molecule has 94 valence electrons. The lowest BCUT2D eigenvalue weighted by Gasteiger charge is -2.07. The van der Waals surface area contributed by atoms with Crippen LogP contribution in [0.3, 0.4) is 0 Å². The van der Waals surface area contributed by atoms with Gasteiger partial charge in [0, 0.05) is 17.2 Å². The average molecular weight is 265 g/mol. The summed E-state index contributed by atoms with van der Waals surface area (Å²) in [6.45, 7) is 0.583. The lowest BCUT2D eigenvalue weighted by atomic mass is 10.3. The highest BCUT2D eigenvalue weighted by Gasteiger charge is 2.06. The summed E-state index contributed by atoms with van der Waals surface area (Å²) in [6.07, 6.45) is 0. The maximum absolute atomic E-state index is 13.3. The average Bonchev–Trinajstić information content (AvgIpc) is 2.40. The van der Waals surface area contributed by atoms with Crippen LogP contribution in [0.1, 0.15) is 0 Å². The summed E-state index contributed by atoms with van der Waals surface area (Å²) in [6, 6.07) is 14.1. The van der Waals surface area contributed by atoms with Crippen molar-refractivity contribution in [3.8, 4) is 0 Å². The molecule has 0 saturated carbocycles. The van der Waals surface area contributed by atoms with E-state index in [-0.39, 0.29) is 5.69 Å². The second kappa shape index (κ2) is 6.40. The zero-order chi connectivity index (χ0) is 12.8. The molecule has 2 aromatic rings. The Labute approximate surface area is 109 Å². The Balaban J connectivity index is 1.81. The van der Waals surface area contributed by atoms with E-state index in [1.807, 2.05) is 30.3 Å². The van der Waals surface area contributed by atoms with Crippen LogP contribution < -0.4 is 5.32 Å². The molecule has 0 spiro atoms. The van der Waals surface area contributed by atoms with Gasteiger partial charge in [-0.15, -0.1) is 11.8 Å². The van der Waals surface area contributed by atoms with Crippen molar-refractivity contribution in [2.24, 2.45) is 0 Å². The van der Waals surface area contributed by atoms with Gasteiger partial charge in [0.15, 0.2) is 11.6 Å². The quantitative estimate of drug-likeness (QED) is 0.643. The molecule has 0 heterocycles. The van der Waals surface area contributed by atoms with Crippen LogP contribution in [-0.4, -0.2) is 12.3 Å². The molecule has 0 atom stereocenters. The summed E-state index contributed by atoms with van der Waals surface area (Å²) in [5.41, 5.74) is 0.212. The molecule has 18 heavy (non-hydrogen) atoms. The van der Waals surface area contributed by atoms with Gasteiger partial charge >= 0.3 is 0 Å². The van der Waals surface area contributed by atoms with E-state index < -0.39 is 11.6 Å². The third kappa shape index (κ3) is 3.47. The standard InChI is InChI=1S/C14H13F2NS/c15-12-7-4-8-13(14(12)16)17-9-10-18-11-5-2-1-3-6-11/h1-8,17H,9-10H2. The van der Waals surface area contributed by atoms with Gasteiger partial charge in [0.1, 0.15) is 0 Å². The lowest BCUT2D eigenvalue weighted by Crippen LogP contribution is -2.06. The van der Waals surface area contributed by atoms with Crippen LogP contribution in [0.25, 0.3) is 0 Å². The fourth-order valence-corrected chi connectivity index (χ4v) is 2.30. The SMILES string of the molecule is Fc1cccc(NCCSc2ccccc2)c1F. The maximum atomic E-state index is 13.3. The monoisotopic (exact) mass is 265 g/mol. The zero-order valence-corrected chi connectivity index (χ0v) is 10.5.